The van der Waals surface area contributed by atoms with Crippen molar-refractivity contribution in [3.8, 4) is 0 Å². The maximum atomic E-state index is 13.8. The molecule has 0 aliphatic heterocycles. The minimum atomic E-state index is -0.603. The van der Waals surface area contributed by atoms with Gasteiger partial charge in [0.15, 0.2) is 0 Å². The van der Waals surface area contributed by atoms with Crippen molar-refractivity contribution in [1.29, 1.82) is 0 Å². The lowest BCUT2D eigenvalue weighted by molar-refractivity contribution is -0.105. The van der Waals surface area contributed by atoms with Gasteiger partial charge in [-0.3, -0.25) is 4.79 Å². The van der Waals surface area contributed by atoms with Crippen LogP contribution in [0.4, 0.5) is 8.78 Å². The number of hydrogen-bond donors (Lipinski definition) is 0. The highest BCUT2D eigenvalue weighted by Gasteiger charge is 2.16. The summed E-state index contributed by atoms with van der Waals surface area (Å²) in [6, 6.07) is 3.78. The monoisotopic (exact) mass is 252 g/mol. The van der Waals surface area contributed by atoms with Crippen LogP contribution in [-0.4, -0.2) is 6.29 Å². The summed E-state index contributed by atoms with van der Waals surface area (Å²) in [5, 5.41) is 0. The fourth-order valence-electron chi connectivity index (χ4n) is 2.03. The summed E-state index contributed by atoms with van der Waals surface area (Å²) < 4.78 is 27.5. The third-order valence-corrected chi connectivity index (χ3v) is 2.81. The number of aldehydes is 1. The number of rotatable bonds is 6. The van der Waals surface area contributed by atoms with Crippen LogP contribution in [0.2, 0.25) is 0 Å². The van der Waals surface area contributed by atoms with E-state index >= 15 is 0 Å². The van der Waals surface area contributed by atoms with Crippen molar-refractivity contribution < 1.29 is 13.6 Å². The summed E-state index contributed by atoms with van der Waals surface area (Å²) in [6.07, 6.45) is 3.29. The van der Waals surface area contributed by atoms with Gasteiger partial charge in [0.1, 0.15) is 17.9 Å². The average Bonchev–Trinajstić information content (AvgIpc) is 2.35. The number of carbonyl (C=O) groups is 1. The molecule has 18 heavy (non-hydrogen) atoms. The van der Waals surface area contributed by atoms with Gasteiger partial charge in [-0.25, -0.2) is 8.78 Å². The molecule has 0 aliphatic carbocycles. The van der Waals surface area contributed by atoms with Gasteiger partial charge in [0.25, 0.3) is 0 Å². The number of halogens is 2. The zero-order valence-corrected chi connectivity index (χ0v) is 10.8. The van der Waals surface area contributed by atoms with Crippen molar-refractivity contribution in [1.82, 2.24) is 0 Å². The lowest BCUT2D eigenvalue weighted by Crippen LogP contribution is -2.00. The molecule has 0 N–H and O–H groups in total. The normalized spacial score (nSPS) is 12.2. The van der Waals surface area contributed by atoms with Crippen LogP contribution in [0.1, 0.15) is 45.1 Å². The first-order valence-corrected chi connectivity index (χ1v) is 6.27. The van der Waals surface area contributed by atoms with Crippen molar-refractivity contribution in [3.05, 3.63) is 41.0 Å². The Balaban J connectivity index is 3.39. The predicted molar refractivity (Wildman–Crippen MR) is 69.2 cm³/mol. The number of allylic oxidation sites excluding steroid dienone is 2. The molecular formula is C15H18F2O. The zero-order chi connectivity index (χ0) is 13.5. The fraction of sp³-hybridized carbons (Fsp3) is 0.400. The van der Waals surface area contributed by atoms with Gasteiger partial charge >= 0.3 is 0 Å². The summed E-state index contributed by atoms with van der Waals surface area (Å²) in [4.78, 5) is 11.1. The predicted octanol–water partition coefficient (Wildman–Crippen LogP) is 4.52. The van der Waals surface area contributed by atoms with E-state index < -0.39 is 11.6 Å². The highest BCUT2D eigenvalue weighted by Crippen LogP contribution is 2.29. The average molecular weight is 252 g/mol. The molecule has 0 aromatic heterocycles. The molecular weight excluding hydrogens is 234 g/mol. The van der Waals surface area contributed by atoms with Crippen LogP contribution in [0.3, 0.4) is 0 Å². The van der Waals surface area contributed by atoms with Gasteiger partial charge in [-0.15, -0.1) is 0 Å². The molecule has 1 aromatic rings. The molecule has 98 valence electrons. The molecule has 3 heteroatoms. The summed E-state index contributed by atoms with van der Waals surface area (Å²) in [5.74, 6) is -1.21. The minimum absolute atomic E-state index is 0.0464. The smallest absolute Gasteiger partial charge is 0.146 e. The Morgan fingerprint density at radius 1 is 1.11 bits per heavy atom. The fourth-order valence-corrected chi connectivity index (χ4v) is 2.03. The third kappa shape index (κ3) is 3.25. The molecule has 0 fully saturated rings. The molecule has 1 aromatic carbocycles. The molecule has 0 saturated carbocycles. The van der Waals surface area contributed by atoms with E-state index in [2.05, 4.69) is 0 Å². The number of carbonyl (C=O) groups excluding carboxylic acids is 1. The molecule has 0 amide bonds. The van der Waals surface area contributed by atoms with Crippen molar-refractivity contribution in [2.24, 2.45) is 0 Å². The van der Waals surface area contributed by atoms with Crippen LogP contribution in [0, 0.1) is 11.6 Å². The molecule has 1 rings (SSSR count). The second-order valence-electron chi connectivity index (χ2n) is 4.22. The topological polar surface area (TPSA) is 17.1 Å². The number of hydrogen-bond acceptors (Lipinski definition) is 1. The van der Waals surface area contributed by atoms with Crippen molar-refractivity contribution in [2.75, 3.05) is 0 Å². The van der Waals surface area contributed by atoms with Crippen LogP contribution in [0.15, 0.2) is 23.8 Å². The highest BCUT2D eigenvalue weighted by molar-refractivity contribution is 5.88. The molecule has 0 spiro atoms. The standard InChI is InChI=1S/C15H18F2O/c1-3-6-11(10-18)12(7-4-2)15-13(16)8-5-9-14(15)17/h5,8-10H,3-4,6-7H2,1-2H3/b12-11-. The summed E-state index contributed by atoms with van der Waals surface area (Å²) >= 11 is 0. The molecule has 0 radical (unpaired) electrons. The molecule has 0 aliphatic rings. The van der Waals surface area contributed by atoms with Crippen molar-refractivity contribution in [3.63, 3.8) is 0 Å². The van der Waals surface area contributed by atoms with Crippen molar-refractivity contribution in [2.45, 2.75) is 39.5 Å². The molecule has 0 unspecified atom stereocenters. The van der Waals surface area contributed by atoms with Gasteiger partial charge in [0.05, 0.1) is 0 Å². The Morgan fingerprint density at radius 2 is 1.67 bits per heavy atom. The Kier molecular flexibility index (Phi) is 5.69. The molecule has 1 nitrogen and oxygen atoms in total. The quantitative estimate of drug-likeness (QED) is 0.537. The first-order chi connectivity index (χ1) is 8.65. The van der Waals surface area contributed by atoms with E-state index in [1.807, 2.05) is 13.8 Å². The van der Waals surface area contributed by atoms with E-state index in [-0.39, 0.29) is 5.56 Å². The Labute approximate surface area is 107 Å². The Morgan fingerprint density at radius 3 is 2.11 bits per heavy atom. The SMILES string of the molecule is CCC/C(C=O)=C(\CCC)c1c(F)cccc1F. The van der Waals surface area contributed by atoms with Crippen LogP contribution in [0.25, 0.3) is 5.57 Å². The largest absolute Gasteiger partial charge is 0.298 e. The maximum Gasteiger partial charge on any atom is 0.146 e. The lowest BCUT2D eigenvalue weighted by Gasteiger charge is -2.12. The van der Waals surface area contributed by atoms with Gasteiger partial charge in [-0.2, -0.15) is 0 Å². The van der Waals surface area contributed by atoms with E-state index in [0.717, 1.165) is 19.1 Å². The highest BCUT2D eigenvalue weighted by atomic mass is 19.1. The van der Waals surface area contributed by atoms with Crippen LogP contribution in [-0.2, 0) is 4.79 Å². The van der Waals surface area contributed by atoms with Gasteiger partial charge < -0.3 is 0 Å². The molecule has 0 saturated heterocycles. The summed E-state index contributed by atoms with van der Waals surface area (Å²) in [7, 11) is 0. The van der Waals surface area contributed by atoms with Gasteiger partial charge in [0, 0.05) is 5.56 Å². The van der Waals surface area contributed by atoms with Crippen LogP contribution in [0.5, 0.6) is 0 Å². The summed E-state index contributed by atoms with van der Waals surface area (Å²) in [6.45, 7) is 3.86. The van der Waals surface area contributed by atoms with E-state index in [9.17, 15) is 13.6 Å². The maximum absolute atomic E-state index is 13.8. The van der Waals surface area contributed by atoms with E-state index in [0.29, 0.717) is 24.0 Å². The second kappa shape index (κ2) is 7.04. The Hall–Kier alpha value is -1.51. The summed E-state index contributed by atoms with van der Waals surface area (Å²) in [5.41, 5.74) is 0.961. The third-order valence-electron chi connectivity index (χ3n) is 2.81. The first kappa shape index (κ1) is 14.6. The molecule has 0 bridgehead atoms. The van der Waals surface area contributed by atoms with E-state index in [1.165, 1.54) is 18.2 Å². The molecule has 0 heterocycles. The Bertz CT molecular complexity index is 430. The van der Waals surface area contributed by atoms with Gasteiger partial charge in [-0.05, 0) is 36.1 Å². The first-order valence-electron chi connectivity index (χ1n) is 6.27. The lowest BCUT2D eigenvalue weighted by atomic mass is 9.93. The van der Waals surface area contributed by atoms with Crippen LogP contribution >= 0.6 is 0 Å². The zero-order valence-electron chi connectivity index (χ0n) is 10.8. The van der Waals surface area contributed by atoms with Crippen molar-refractivity contribution >= 4 is 11.9 Å². The second-order valence-corrected chi connectivity index (χ2v) is 4.22. The number of benzene rings is 1. The van der Waals surface area contributed by atoms with Gasteiger partial charge in [0.2, 0.25) is 0 Å². The molecule has 0 atom stereocenters. The van der Waals surface area contributed by atoms with E-state index in [1.54, 1.807) is 0 Å². The van der Waals surface area contributed by atoms with E-state index in [4.69, 9.17) is 0 Å². The minimum Gasteiger partial charge on any atom is -0.298 e. The van der Waals surface area contributed by atoms with Crippen LogP contribution < -0.4 is 0 Å². The van der Waals surface area contributed by atoms with Gasteiger partial charge in [-0.1, -0.05) is 32.8 Å².